The molecule has 0 aliphatic heterocycles. The lowest BCUT2D eigenvalue weighted by atomic mass is 10.0. The van der Waals surface area contributed by atoms with Gasteiger partial charge in [-0.1, -0.05) is 16.8 Å². The molecule has 2 aromatic rings. The van der Waals surface area contributed by atoms with Gasteiger partial charge in [-0.3, -0.25) is 14.9 Å². The summed E-state index contributed by atoms with van der Waals surface area (Å²) in [6.07, 6.45) is 0.0192. The molecule has 1 aliphatic carbocycles. The Hall–Kier alpha value is -2.82. The number of carbonyl (C=O) groups is 1. The maximum Gasteiger partial charge on any atom is 0.298 e. The summed E-state index contributed by atoms with van der Waals surface area (Å²) in [6, 6.07) is 0. The minimum absolute atomic E-state index is 0.0577. The Kier molecular flexibility index (Phi) is 4.72. The third kappa shape index (κ3) is 3.07. The predicted molar refractivity (Wildman–Crippen MR) is 92.3 cm³/mol. The average molecular weight is 413 g/mol. The zero-order valence-corrected chi connectivity index (χ0v) is 15.3. The van der Waals surface area contributed by atoms with Crippen LogP contribution in [0.2, 0.25) is 10.2 Å². The van der Waals surface area contributed by atoms with E-state index in [9.17, 15) is 25.2 Å². The molecule has 10 nitrogen and oxygen atoms in total. The smallest absolute Gasteiger partial charge is 0.298 e. The van der Waals surface area contributed by atoms with Gasteiger partial charge in [0, 0.05) is 13.0 Å². The van der Waals surface area contributed by atoms with Crippen LogP contribution in [0, 0.1) is 29.2 Å². The van der Waals surface area contributed by atoms with Gasteiger partial charge < -0.3 is 14.8 Å². The first-order valence-electron chi connectivity index (χ1n) is 7.35. The molecule has 0 radical (unpaired) electrons. The van der Waals surface area contributed by atoms with Crippen LogP contribution in [0.4, 0.5) is 0 Å². The number of aliphatic hydroxyl groups excluding tert-OH is 1. The molecule has 3 rings (SSSR count). The Morgan fingerprint density at radius 2 is 2.00 bits per heavy atom. The number of carbonyl (C=O) groups excluding carboxylic acids is 1. The van der Waals surface area contributed by atoms with Gasteiger partial charge in [0.25, 0.3) is 16.7 Å². The molecule has 12 heteroatoms. The molecule has 0 amide bonds. The highest BCUT2D eigenvalue weighted by molar-refractivity contribution is 6.34. The highest BCUT2D eigenvalue weighted by Crippen LogP contribution is 2.33. The fraction of sp³-hybridized carbons (Fsp3) is 0.200. The molecule has 0 saturated carbocycles. The second kappa shape index (κ2) is 6.72. The van der Waals surface area contributed by atoms with E-state index in [4.69, 9.17) is 27.7 Å². The van der Waals surface area contributed by atoms with E-state index >= 15 is 0 Å². The van der Waals surface area contributed by atoms with E-state index in [0.29, 0.717) is 10.3 Å². The summed E-state index contributed by atoms with van der Waals surface area (Å²) in [5.74, 6) is -1.22. The van der Waals surface area contributed by atoms with E-state index in [0.717, 1.165) is 12.2 Å². The van der Waals surface area contributed by atoms with Crippen LogP contribution < -0.4 is 4.73 Å². The largest absolute Gasteiger partial charge is 0.617 e. The molecule has 1 N–H and O–H groups in total. The quantitative estimate of drug-likeness (QED) is 0.263. The Labute approximate surface area is 161 Å². The molecule has 0 aromatic carbocycles. The fourth-order valence-corrected chi connectivity index (χ4v) is 3.03. The van der Waals surface area contributed by atoms with Gasteiger partial charge in [-0.2, -0.15) is 9.71 Å². The monoisotopic (exact) mass is 412 g/mol. The SMILES string of the molecule is Cc1c(Cl)c(C)[n+]([O-])c(Cl)c1-c1noc(C2=CC(=O)C(O)C([N+](=O)[O-])=C2)n1. The van der Waals surface area contributed by atoms with Crippen molar-refractivity contribution < 1.29 is 24.1 Å². The van der Waals surface area contributed by atoms with Gasteiger partial charge in [-0.25, -0.2) is 0 Å². The van der Waals surface area contributed by atoms with Crippen molar-refractivity contribution in [3.63, 3.8) is 0 Å². The maximum atomic E-state index is 12.1. The molecule has 0 saturated heterocycles. The Morgan fingerprint density at radius 3 is 2.63 bits per heavy atom. The van der Waals surface area contributed by atoms with Gasteiger partial charge in [0.2, 0.25) is 17.6 Å². The fourth-order valence-electron chi connectivity index (χ4n) is 2.51. The molecule has 1 aliphatic rings. The molecule has 2 heterocycles. The third-order valence-electron chi connectivity index (χ3n) is 3.97. The van der Waals surface area contributed by atoms with Crippen molar-refractivity contribution in [3.8, 4) is 11.4 Å². The number of hydrogen-bond donors (Lipinski definition) is 1. The van der Waals surface area contributed by atoms with Gasteiger partial charge in [-0.05, 0) is 30.2 Å². The van der Waals surface area contributed by atoms with E-state index in [1.807, 2.05) is 0 Å². The van der Waals surface area contributed by atoms with Gasteiger partial charge in [0.05, 0.1) is 10.5 Å². The van der Waals surface area contributed by atoms with Gasteiger partial charge in [-0.15, -0.1) is 0 Å². The van der Waals surface area contributed by atoms with Crippen molar-refractivity contribution in [1.29, 1.82) is 0 Å². The zero-order chi connectivity index (χ0) is 20.0. The van der Waals surface area contributed by atoms with E-state index in [1.54, 1.807) is 6.92 Å². The first kappa shape index (κ1) is 19.0. The molecule has 1 unspecified atom stereocenters. The number of ketones is 1. The lowest BCUT2D eigenvalue weighted by Crippen LogP contribution is -2.33. The van der Waals surface area contributed by atoms with Gasteiger partial charge >= 0.3 is 0 Å². The van der Waals surface area contributed by atoms with Crippen LogP contribution in [0.25, 0.3) is 17.0 Å². The first-order valence-corrected chi connectivity index (χ1v) is 8.10. The summed E-state index contributed by atoms with van der Waals surface area (Å²) in [4.78, 5) is 25.9. The lowest BCUT2D eigenvalue weighted by Gasteiger charge is -2.10. The van der Waals surface area contributed by atoms with E-state index < -0.39 is 22.5 Å². The third-order valence-corrected chi connectivity index (χ3v) is 4.87. The standard InChI is InChI=1S/C15H10Cl2N4O6/c1-5-10(13(17)20(24)6(2)11(5)16)14-18-15(27-19-14)7-3-8(21(25)26)12(23)9(22)4-7/h3-4,12,23H,1-2H3. The maximum absolute atomic E-state index is 12.1. The lowest BCUT2D eigenvalue weighted by molar-refractivity contribution is -0.609. The minimum atomic E-state index is -1.88. The van der Waals surface area contributed by atoms with Crippen molar-refractivity contribution in [2.24, 2.45) is 0 Å². The number of nitrogens with zero attached hydrogens (tertiary/aromatic N) is 4. The number of aliphatic hydroxyl groups is 1. The minimum Gasteiger partial charge on any atom is -0.617 e. The second-order valence-corrected chi connectivity index (χ2v) is 6.37. The van der Waals surface area contributed by atoms with Crippen molar-refractivity contribution in [1.82, 2.24) is 10.1 Å². The van der Waals surface area contributed by atoms with E-state index in [-0.39, 0.29) is 38.7 Å². The van der Waals surface area contributed by atoms with Crippen molar-refractivity contribution in [2.45, 2.75) is 20.0 Å². The summed E-state index contributed by atoms with van der Waals surface area (Å²) in [5.41, 5.74) is -0.0254. The number of pyridine rings is 1. The number of aromatic nitrogens is 3. The average Bonchev–Trinajstić information content (AvgIpc) is 3.10. The Balaban J connectivity index is 2.11. The molecule has 140 valence electrons. The summed E-state index contributed by atoms with van der Waals surface area (Å²) in [5, 5.41) is 36.3. The summed E-state index contributed by atoms with van der Waals surface area (Å²) in [7, 11) is 0. The van der Waals surface area contributed by atoms with Crippen LogP contribution >= 0.6 is 23.2 Å². The van der Waals surface area contributed by atoms with Crippen molar-refractivity contribution >= 4 is 34.6 Å². The van der Waals surface area contributed by atoms with Crippen LogP contribution in [0.5, 0.6) is 0 Å². The first-order chi connectivity index (χ1) is 12.6. The second-order valence-electron chi connectivity index (χ2n) is 5.64. The van der Waals surface area contributed by atoms with Crippen LogP contribution in [0.1, 0.15) is 17.1 Å². The topological polar surface area (TPSA) is 146 Å². The molecule has 1 atom stereocenters. The summed E-state index contributed by atoms with van der Waals surface area (Å²) >= 11 is 12.2. The molecule has 27 heavy (non-hydrogen) atoms. The number of nitro groups is 1. The number of halogens is 2. The predicted octanol–water partition coefficient (Wildman–Crippen LogP) is 1.78. The van der Waals surface area contributed by atoms with E-state index in [2.05, 4.69) is 10.1 Å². The van der Waals surface area contributed by atoms with Gasteiger partial charge in [0.15, 0.2) is 5.78 Å². The number of rotatable bonds is 3. The highest BCUT2D eigenvalue weighted by atomic mass is 35.5. The molecule has 0 fully saturated rings. The zero-order valence-electron chi connectivity index (χ0n) is 13.8. The van der Waals surface area contributed by atoms with Crippen molar-refractivity contribution in [3.05, 3.63) is 60.5 Å². The van der Waals surface area contributed by atoms with Crippen LogP contribution in [-0.2, 0) is 4.79 Å². The summed E-state index contributed by atoms with van der Waals surface area (Å²) < 4.78 is 5.46. The Bertz CT molecular complexity index is 1030. The van der Waals surface area contributed by atoms with Crippen molar-refractivity contribution in [2.75, 3.05) is 0 Å². The van der Waals surface area contributed by atoms with Crippen LogP contribution in [0.3, 0.4) is 0 Å². The van der Waals surface area contributed by atoms with E-state index in [1.165, 1.54) is 6.92 Å². The van der Waals surface area contributed by atoms with Crippen LogP contribution in [-0.4, -0.2) is 32.1 Å². The molecular weight excluding hydrogens is 403 g/mol. The van der Waals surface area contributed by atoms with Crippen LogP contribution in [0.15, 0.2) is 22.4 Å². The number of hydrogen-bond acceptors (Lipinski definition) is 8. The normalized spacial score (nSPS) is 16.9. The Morgan fingerprint density at radius 1 is 1.33 bits per heavy atom. The molecular formula is C15H10Cl2N4O6. The summed E-state index contributed by atoms with van der Waals surface area (Å²) in [6.45, 7) is 3.10. The molecule has 0 spiro atoms. The number of allylic oxidation sites excluding steroid dienone is 2. The molecule has 2 aromatic heterocycles. The van der Waals surface area contributed by atoms with Gasteiger partial charge in [0.1, 0.15) is 10.6 Å². The highest BCUT2D eigenvalue weighted by Gasteiger charge is 2.34. The molecule has 0 bridgehead atoms.